The van der Waals surface area contributed by atoms with Gasteiger partial charge in [0.25, 0.3) is 5.91 Å². The van der Waals surface area contributed by atoms with Gasteiger partial charge in [-0.05, 0) is 43.0 Å². The van der Waals surface area contributed by atoms with Crippen LogP contribution in [0.5, 0.6) is 0 Å². The molecule has 0 aromatic heterocycles. The molecule has 2 aromatic carbocycles. The Morgan fingerprint density at radius 1 is 1.15 bits per heavy atom. The number of hydrogen-bond donors (Lipinski definition) is 1. The molecule has 2 aromatic rings. The Kier molecular flexibility index (Phi) is 5.62. The van der Waals surface area contributed by atoms with Crippen LogP contribution < -0.4 is 5.32 Å². The second-order valence-electron chi connectivity index (χ2n) is 6.78. The van der Waals surface area contributed by atoms with Gasteiger partial charge in [0.05, 0.1) is 5.41 Å². The van der Waals surface area contributed by atoms with Crippen LogP contribution in [0.4, 0.5) is 0 Å². The second kappa shape index (κ2) is 7.92. The summed E-state index contributed by atoms with van der Waals surface area (Å²) in [6.07, 6.45) is 2.40. The minimum Gasteiger partial charge on any atom is -0.455 e. The molecule has 1 amide bonds. The minimum atomic E-state index is -0.665. The number of benzene rings is 2. The molecule has 1 saturated carbocycles. The zero-order valence-electron chi connectivity index (χ0n) is 14.8. The van der Waals surface area contributed by atoms with Gasteiger partial charge in [0.15, 0.2) is 6.61 Å². The van der Waals surface area contributed by atoms with E-state index >= 15 is 0 Å². The van der Waals surface area contributed by atoms with E-state index < -0.39 is 5.41 Å². The van der Waals surface area contributed by atoms with Crippen LogP contribution in [0.15, 0.2) is 48.5 Å². The molecule has 136 valence electrons. The average Bonchev–Trinajstić information content (AvgIpc) is 2.58. The van der Waals surface area contributed by atoms with Crippen LogP contribution in [0, 0.1) is 6.92 Å². The lowest BCUT2D eigenvalue weighted by Gasteiger charge is -2.39. The highest BCUT2D eigenvalue weighted by Crippen LogP contribution is 2.45. The molecule has 0 atom stereocenters. The fourth-order valence-electron chi connectivity index (χ4n) is 3.15. The highest BCUT2D eigenvalue weighted by molar-refractivity contribution is 6.30. The molecule has 5 heteroatoms. The molecule has 4 nitrogen and oxygen atoms in total. The van der Waals surface area contributed by atoms with Gasteiger partial charge in [0.2, 0.25) is 0 Å². The maximum atomic E-state index is 12.6. The van der Waals surface area contributed by atoms with Crippen molar-refractivity contribution in [1.29, 1.82) is 0 Å². The largest absolute Gasteiger partial charge is 0.455 e. The monoisotopic (exact) mass is 371 g/mol. The molecular weight excluding hydrogens is 350 g/mol. The van der Waals surface area contributed by atoms with E-state index in [0.29, 0.717) is 11.6 Å². The first-order chi connectivity index (χ1) is 12.5. The average molecular weight is 372 g/mol. The predicted octanol–water partition coefficient (Wildman–Crippen LogP) is 3.93. The number of halogens is 1. The summed E-state index contributed by atoms with van der Waals surface area (Å²) in [5.41, 5.74) is 2.37. The molecule has 1 N–H and O–H groups in total. The van der Waals surface area contributed by atoms with E-state index in [1.54, 1.807) is 12.1 Å². The number of carbonyl (C=O) groups excluding carboxylic acids is 2. The van der Waals surface area contributed by atoms with Crippen LogP contribution in [-0.2, 0) is 26.3 Å². The van der Waals surface area contributed by atoms with Crippen LogP contribution in [0.3, 0.4) is 0 Å². The Labute approximate surface area is 158 Å². The van der Waals surface area contributed by atoms with Crippen molar-refractivity contribution in [2.45, 2.75) is 38.1 Å². The topological polar surface area (TPSA) is 55.4 Å². The molecule has 1 fully saturated rings. The standard InChI is InChI=1S/C21H22ClNO3/c1-15-6-8-16(9-7-15)13-23-19(24)14-26-20(25)21(10-3-11-21)17-4-2-5-18(22)12-17/h2,4-9,12H,3,10-11,13-14H2,1H3,(H,23,24). The van der Waals surface area contributed by atoms with Gasteiger partial charge in [0.1, 0.15) is 0 Å². The van der Waals surface area contributed by atoms with Crippen LogP contribution in [0.1, 0.15) is 36.0 Å². The summed E-state index contributed by atoms with van der Waals surface area (Å²) in [6, 6.07) is 15.2. The number of amides is 1. The first-order valence-electron chi connectivity index (χ1n) is 8.75. The van der Waals surface area contributed by atoms with E-state index in [-0.39, 0.29) is 18.5 Å². The SMILES string of the molecule is Cc1ccc(CNC(=O)COC(=O)C2(c3cccc(Cl)c3)CCC2)cc1. The lowest BCUT2D eigenvalue weighted by molar-refractivity contribution is -0.157. The lowest BCUT2D eigenvalue weighted by atomic mass is 9.64. The molecule has 0 unspecified atom stereocenters. The Balaban J connectivity index is 1.54. The van der Waals surface area contributed by atoms with E-state index in [1.807, 2.05) is 43.3 Å². The molecule has 0 bridgehead atoms. The number of rotatable bonds is 6. The van der Waals surface area contributed by atoms with Crippen molar-refractivity contribution < 1.29 is 14.3 Å². The zero-order chi connectivity index (χ0) is 18.6. The summed E-state index contributed by atoms with van der Waals surface area (Å²) in [7, 11) is 0. The quantitative estimate of drug-likeness (QED) is 0.783. The fourth-order valence-corrected chi connectivity index (χ4v) is 3.34. The van der Waals surface area contributed by atoms with E-state index in [9.17, 15) is 9.59 Å². The lowest BCUT2D eigenvalue weighted by Crippen LogP contribution is -2.44. The van der Waals surface area contributed by atoms with Crippen LogP contribution in [0.25, 0.3) is 0 Å². The van der Waals surface area contributed by atoms with E-state index in [4.69, 9.17) is 16.3 Å². The molecule has 0 saturated heterocycles. The first-order valence-corrected chi connectivity index (χ1v) is 9.13. The maximum absolute atomic E-state index is 12.6. The van der Waals surface area contributed by atoms with Crippen molar-refractivity contribution in [3.8, 4) is 0 Å². The molecule has 3 rings (SSSR count). The number of esters is 1. The van der Waals surface area contributed by atoms with Crippen molar-refractivity contribution in [2.75, 3.05) is 6.61 Å². The van der Waals surface area contributed by atoms with Crippen molar-refractivity contribution in [3.05, 3.63) is 70.2 Å². The van der Waals surface area contributed by atoms with Gasteiger partial charge < -0.3 is 10.1 Å². The Hall–Kier alpha value is -2.33. The van der Waals surface area contributed by atoms with Gasteiger partial charge in [-0.1, -0.05) is 60.0 Å². The second-order valence-corrected chi connectivity index (χ2v) is 7.22. The van der Waals surface area contributed by atoms with Crippen LogP contribution in [0.2, 0.25) is 5.02 Å². The van der Waals surface area contributed by atoms with Crippen molar-refractivity contribution in [1.82, 2.24) is 5.32 Å². The van der Waals surface area contributed by atoms with Crippen LogP contribution in [-0.4, -0.2) is 18.5 Å². The van der Waals surface area contributed by atoms with Crippen molar-refractivity contribution >= 4 is 23.5 Å². The summed E-state index contributed by atoms with van der Waals surface area (Å²) in [5, 5.41) is 3.37. The van der Waals surface area contributed by atoms with Gasteiger partial charge in [0, 0.05) is 11.6 Å². The number of nitrogens with one attached hydrogen (secondary N) is 1. The summed E-state index contributed by atoms with van der Waals surface area (Å²) >= 11 is 6.06. The molecule has 0 aliphatic heterocycles. The predicted molar refractivity (Wildman–Crippen MR) is 101 cm³/mol. The summed E-state index contributed by atoms with van der Waals surface area (Å²) in [5.74, 6) is -0.656. The third kappa shape index (κ3) is 4.07. The third-order valence-corrected chi connectivity index (χ3v) is 5.15. The van der Waals surface area contributed by atoms with E-state index in [2.05, 4.69) is 5.32 Å². The zero-order valence-corrected chi connectivity index (χ0v) is 15.5. The minimum absolute atomic E-state index is 0.271. The van der Waals surface area contributed by atoms with Gasteiger partial charge in [-0.3, -0.25) is 9.59 Å². The first kappa shape index (κ1) is 18.5. The Bertz CT molecular complexity index is 797. The highest BCUT2D eigenvalue weighted by atomic mass is 35.5. The Morgan fingerprint density at radius 2 is 1.88 bits per heavy atom. The number of ether oxygens (including phenoxy) is 1. The third-order valence-electron chi connectivity index (χ3n) is 4.92. The van der Waals surface area contributed by atoms with Crippen molar-refractivity contribution in [3.63, 3.8) is 0 Å². The fraction of sp³-hybridized carbons (Fsp3) is 0.333. The van der Waals surface area contributed by atoms with E-state index in [1.165, 1.54) is 5.56 Å². The maximum Gasteiger partial charge on any atom is 0.317 e. The molecule has 0 spiro atoms. The number of aryl methyl sites for hydroxylation is 1. The molecule has 0 radical (unpaired) electrons. The molecular formula is C21H22ClNO3. The van der Waals surface area contributed by atoms with E-state index in [0.717, 1.165) is 30.4 Å². The van der Waals surface area contributed by atoms with Crippen LogP contribution >= 0.6 is 11.6 Å². The molecule has 1 aliphatic carbocycles. The Morgan fingerprint density at radius 3 is 2.50 bits per heavy atom. The summed E-state index contributed by atoms with van der Waals surface area (Å²) < 4.78 is 5.32. The van der Waals surface area contributed by atoms with Gasteiger partial charge in [-0.25, -0.2) is 0 Å². The summed E-state index contributed by atoms with van der Waals surface area (Å²) in [6.45, 7) is 2.15. The molecule has 26 heavy (non-hydrogen) atoms. The molecule has 1 aliphatic rings. The van der Waals surface area contributed by atoms with Gasteiger partial charge >= 0.3 is 5.97 Å². The summed E-state index contributed by atoms with van der Waals surface area (Å²) in [4.78, 5) is 24.6. The normalized spacial score (nSPS) is 15.0. The van der Waals surface area contributed by atoms with Gasteiger partial charge in [-0.2, -0.15) is 0 Å². The highest BCUT2D eigenvalue weighted by Gasteiger charge is 2.47. The van der Waals surface area contributed by atoms with Gasteiger partial charge in [-0.15, -0.1) is 0 Å². The smallest absolute Gasteiger partial charge is 0.317 e. The van der Waals surface area contributed by atoms with Crippen molar-refractivity contribution in [2.24, 2.45) is 0 Å². The number of hydrogen-bond acceptors (Lipinski definition) is 3. The molecule has 0 heterocycles. The number of carbonyl (C=O) groups is 2.